The average Bonchev–Trinajstić information content (AvgIpc) is 2.79. The molecule has 1 unspecified atom stereocenters. The molecule has 1 fully saturated rings. The first-order valence-corrected chi connectivity index (χ1v) is 6.18. The fraction of sp³-hybridized carbons (Fsp3) is 0.750. The minimum Gasteiger partial charge on any atom is -0.481 e. The van der Waals surface area contributed by atoms with Gasteiger partial charge in [-0.05, 0) is 20.3 Å². The molecule has 1 heterocycles. The Hall–Kier alpha value is -1.79. The van der Waals surface area contributed by atoms with Crippen molar-refractivity contribution in [2.24, 2.45) is 5.41 Å². The predicted octanol–water partition coefficient (Wildman–Crippen LogP) is 0.398. The Labute approximate surface area is 112 Å². The number of urea groups is 1. The number of likely N-dealkylation sites (tertiary alicyclic amines) is 1. The van der Waals surface area contributed by atoms with Crippen molar-refractivity contribution in [2.45, 2.75) is 20.3 Å². The second kappa shape index (κ2) is 5.90. The standard InChI is InChI=1S/C12H20N2O5/c1-4-13(7-9(15)19-3)11(18)14-6-5-12(2,8-14)10(16)17/h4-8H2,1-3H3,(H,16,17). The molecule has 1 N–H and O–H groups in total. The summed E-state index contributed by atoms with van der Waals surface area (Å²) in [5.74, 6) is -1.39. The van der Waals surface area contributed by atoms with Crippen LogP contribution < -0.4 is 0 Å². The van der Waals surface area contributed by atoms with Gasteiger partial charge < -0.3 is 19.6 Å². The van der Waals surface area contributed by atoms with Gasteiger partial charge >= 0.3 is 18.0 Å². The number of hydrogen-bond acceptors (Lipinski definition) is 4. The number of amides is 2. The number of nitrogens with zero attached hydrogens (tertiary/aromatic N) is 2. The van der Waals surface area contributed by atoms with Crippen molar-refractivity contribution in [3.8, 4) is 0 Å². The van der Waals surface area contributed by atoms with Crippen molar-refractivity contribution in [1.82, 2.24) is 9.80 Å². The van der Waals surface area contributed by atoms with Gasteiger partial charge in [0.15, 0.2) is 0 Å². The molecule has 19 heavy (non-hydrogen) atoms. The highest BCUT2D eigenvalue weighted by Gasteiger charge is 2.43. The summed E-state index contributed by atoms with van der Waals surface area (Å²) in [5, 5.41) is 9.13. The van der Waals surface area contributed by atoms with Crippen molar-refractivity contribution in [3.05, 3.63) is 0 Å². The molecule has 0 radical (unpaired) electrons. The quantitative estimate of drug-likeness (QED) is 0.748. The maximum atomic E-state index is 12.2. The van der Waals surface area contributed by atoms with Crippen LogP contribution in [0.25, 0.3) is 0 Å². The number of hydrogen-bond donors (Lipinski definition) is 1. The van der Waals surface area contributed by atoms with Gasteiger partial charge in [0.1, 0.15) is 6.54 Å². The summed E-state index contributed by atoms with van der Waals surface area (Å²) in [6, 6.07) is -0.321. The summed E-state index contributed by atoms with van der Waals surface area (Å²) in [4.78, 5) is 37.3. The number of ether oxygens (including phenoxy) is 1. The second-order valence-electron chi connectivity index (χ2n) is 4.91. The number of methoxy groups -OCH3 is 1. The number of carboxylic acid groups (broad SMARTS) is 1. The van der Waals surface area contributed by atoms with Crippen LogP contribution in [0, 0.1) is 5.41 Å². The van der Waals surface area contributed by atoms with Gasteiger partial charge in [-0.3, -0.25) is 9.59 Å². The summed E-state index contributed by atoms with van der Waals surface area (Å²) in [7, 11) is 1.26. The fourth-order valence-electron chi connectivity index (χ4n) is 2.03. The first kappa shape index (κ1) is 15.3. The maximum Gasteiger partial charge on any atom is 0.325 e. The van der Waals surface area contributed by atoms with Gasteiger partial charge in [0.2, 0.25) is 0 Å². The normalized spacial score (nSPS) is 22.2. The third-order valence-electron chi connectivity index (χ3n) is 3.46. The zero-order valence-electron chi connectivity index (χ0n) is 11.5. The van der Waals surface area contributed by atoms with Gasteiger partial charge in [0, 0.05) is 19.6 Å². The van der Waals surface area contributed by atoms with Crippen LogP contribution >= 0.6 is 0 Å². The minimum absolute atomic E-state index is 0.119. The SMILES string of the molecule is CCN(CC(=O)OC)C(=O)N1CCC(C)(C(=O)O)C1. The van der Waals surface area contributed by atoms with Crippen LogP contribution in [0.3, 0.4) is 0 Å². The van der Waals surface area contributed by atoms with Gasteiger partial charge in [0.25, 0.3) is 0 Å². The molecule has 1 aliphatic heterocycles. The first-order valence-electron chi connectivity index (χ1n) is 6.18. The number of carbonyl (C=O) groups excluding carboxylic acids is 2. The number of carboxylic acids is 1. The third-order valence-corrected chi connectivity index (χ3v) is 3.46. The summed E-state index contributed by atoms with van der Waals surface area (Å²) in [6.07, 6.45) is 0.420. The topological polar surface area (TPSA) is 87.2 Å². The summed E-state index contributed by atoms with van der Waals surface area (Å²) < 4.78 is 4.53. The van der Waals surface area contributed by atoms with Crippen LogP contribution in [0.4, 0.5) is 4.79 Å². The molecule has 0 bridgehead atoms. The van der Waals surface area contributed by atoms with E-state index in [1.807, 2.05) is 0 Å². The molecule has 0 aromatic carbocycles. The first-order chi connectivity index (χ1) is 8.84. The van der Waals surface area contributed by atoms with Crippen molar-refractivity contribution in [2.75, 3.05) is 33.3 Å². The molecule has 1 atom stereocenters. The van der Waals surface area contributed by atoms with Crippen LogP contribution in [0.15, 0.2) is 0 Å². The number of esters is 1. The molecule has 7 nitrogen and oxygen atoms in total. The Morgan fingerprint density at radius 1 is 1.42 bits per heavy atom. The zero-order valence-corrected chi connectivity index (χ0v) is 11.5. The van der Waals surface area contributed by atoms with E-state index >= 15 is 0 Å². The van der Waals surface area contributed by atoms with E-state index in [9.17, 15) is 14.4 Å². The highest BCUT2D eigenvalue weighted by atomic mass is 16.5. The molecule has 1 rings (SSSR count). The van der Waals surface area contributed by atoms with Crippen LogP contribution in [-0.4, -0.2) is 66.2 Å². The molecule has 108 valence electrons. The summed E-state index contributed by atoms with van der Waals surface area (Å²) in [6.45, 7) is 4.19. The smallest absolute Gasteiger partial charge is 0.325 e. The lowest BCUT2D eigenvalue weighted by Crippen LogP contribution is -2.45. The van der Waals surface area contributed by atoms with E-state index in [4.69, 9.17) is 5.11 Å². The number of carbonyl (C=O) groups is 3. The maximum absolute atomic E-state index is 12.2. The zero-order chi connectivity index (χ0) is 14.6. The van der Waals surface area contributed by atoms with Gasteiger partial charge in [0.05, 0.1) is 12.5 Å². The van der Waals surface area contributed by atoms with Crippen LogP contribution in [0.2, 0.25) is 0 Å². The van der Waals surface area contributed by atoms with Gasteiger partial charge in [-0.2, -0.15) is 0 Å². The molecule has 0 aromatic heterocycles. The Kier molecular flexibility index (Phi) is 4.74. The van der Waals surface area contributed by atoms with Crippen LogP contribution in [0.5, 0.6) is 0 Å². The molecule has 0 saturated carbocycles. The van der Waals surface area contributed by atoms with E-state index < -0.39 is 17.4 Å². The second-order valence-corrected chi connectivity index (χ2v) is 4.91. The summed E-state index contributed by atoms with van der Waals surface area (Å²) >= 11 is 0. The molecule has 0 aliphatic carbocycles. The monoisotopic (exact) mass is 272 g/mol. The Morgan fingerprint density at radius 3 is 2.47 bits per heavy atom. The van der Waals surface area contributed by atoms with E-state index in [2.05, 4.69) is 4.74 Å². The largest absolute Gasteiger partial charge is 0.481 e. The van der Waals surface area contributed by atoms with Crippen LogP contribution in [0.1, 0.15) is 20.3 Å². The predicted molar refractivity (Wildman–Crippen MR) is 66.6 cm³/mol. The molecular weight excluding hydrogens is 252 g/mol. The molecule has 1 aliphatic rings. The van der Waals surface area contributed by atoms with Gasteiger partial charge in [-0.1, -0.05) is 0 Å². The molecular formula is C12H20N2O5. The number of rotatable bonds is 4. The van der Waals surface area contributed by atoms with Gasteiger partial charge in [-0.25, -0.2) is 4.79 Å². The Bertz CT molecular complexity index is 384. The average molecular weight is 272 g/mol. The minimum atomic E-state index is -0.904. The van der Waals surface area contributed by atoms with Crippen LogP contribution in [-0.2, 0) is 14.3 Å². The van der Waals surface area contributed by atoms with E-state index in [1.165, 1.54) is 16.9 Å². The molecule has 0 aromatic rings. The van der Waals surface area contributed by atoms with Crippen molar-refractivity contribution < 1.29 is 24.2 Å². The summed E-state index contributed by atoms with van der Waals surface area (Å²) in [5.41, 5.74) is -0.902. The van der Waals surface area contributed by atoms with E-state index in [0.717, 1.165) is 0 Å². The lowest BCUT2D eigenvalue weighted by molar-refractivity contribution is -0.147. The lowest BCUT2D eigenvalue weighted by Gasteiger charge is -2.27. The van der Waals surface area contributed by atoms with Gasteiger partial charge in [-0.15, -0.1) is 0 Å². The van der Waals surface area contributed by atoms with Crippen molar-refractivity contribution in [1.29, 1.82) is 0 Å². The Balaban J connectivity index is 2.68. The lowest BCUT2D eigenvalue weighted by atomic mass is 9.90. The van der Waals surface area contributed by atoms with E-state index in [-0.39, 0.29) is 19.1 Å². The molecule has 2 amide bonds. The Morgan fingerprint density at radius 2 is 2.05 bits per heavy atom. The third kappa shape index (κ3) is 3.36. The molecule has 7 heteroatoms. The number of likely N-dealkylation sites (N-methyl/N-ethyl adjacent to an activating group) is 1. The molecule has 1 saturated heterocycles. The highest BCUT2D eigenvalue weighted by Crippen LogP contribution is 2.30. The van der Waals surface area contributed by atoms with Crippen molar-refractivity contribution in [3.63, 3.8) is 0 Å². The number of aliphatic carboxylic acids is 1. The fourth-order valence-corrected chi connectivity index (χ4v) is 2.03. The van der Waals surface area contributed by atoms with E-state index in [1.54, 1.807) is 13.8 Å². The van der Waals surface area contributed by atoms with E-state index in [0.29, 0.717) is 19.5 Å². The van der Waals surface area contributed by atoms with Crippen molar-refractivity contribution >= 4 is 18.0 Å². The molecule has 0 spiro atoms. The highest BCUT2D eigenvalue weighted by molar-refractivity contribution is 5.82.